The smallest absolute Gasteiger partial charge is 0.236 e. The summed E-state index contributed by atoms with van der Waals surface area (Å²) in [7, 11) is 1.62. The molecule has 0 fully saturated rings. The summed E-state index contributed by atoms with van der Waals surface area (Å²) in [6.45, 7) is 2.46. The van der Waals surface area contributed by atoms with Gasteiger partial charge in [-0.25, -0.2) is 0 Å². The van der Waals surface area contributed by atoms with Crippen LogP contribution in [0.1, 0.15) is 12.5 Å². The number of carbonyl (C=O) groups is 1. The van der Waals surface area contributed by atoms with Crippen LogP contribution in [-0.2, 0) is 11.3 Å². The molecule has 1 aromatic carbocycles. The Balaban J connectivity index is 0.00000225. The highest BCUT2D eigenvalue weighted by molar-refractivity contribution is 6.30. The molecule has 0 aromatic heterocycles. The maximum Gasteiger partial charge on any atom is 0.236 e. The fourth-order valence-electron chi connectivity index (χ4n) is 1.23. The van der Waals surface area contributed by atoms with Crippen molar-refractivity contribution in [3.63, 3.8) is 0 Å². The Labute approximate surface area is 107 Å². The van der Waals surface area contributed by atoms with E-state index in [1.807, 2.05) is 31.2 Å². The molecule has 0 saturated carbocycles. The lowest BCUT2D eigenvalue weighted by atomic mass is 10.2. The summed E-state index contributed by atoms with van der Waals surface area (Å²) >= 11 is 5.84. The molecule has 0 spiro atoms. The maximum atomic E-state index is 11.2. The normalized spacial score (nSPS) is 11.4. The number of benzene rings is 1. The van der Waals surface area contributed by atoms with E-state index in [-0.39, 0.29) is 24.4 Å². The molecule has 1 amide bonds. The molecule has 0 unspecified atom stereocenters. The summed E-state index contributed by atoms with van der Waals surface area (Å²) in [5.74, 6) is -0.0166. The third-order valence-corrected chi connectivity index (χ3v) is 2.38. The van der Waals surface area contributed by atoms with Crippen LogP contribution in [0, 0.1) is 0 Å². The Morgan fingerprint density at radius 3 is 2.75 bits per heavy atom. The molecular weight excluding hydrogens is 247 g/mol. The van der Waals surface area contributed by atoms with Crippen molar-refractivity contribution in [2.24, 2.45) is 0 Å². The lowest BCUT2D eigenvalue weighted by Gasteiger charge is -2.12. The predicted molar refractivity (Wildman–Crippen MR) is 69.1 cm³/mol. The number of amides is 1. The topological polar surface area (TPSA) is 41.1 Å². The zero-order valence-corrected chi connectivity index (χ0v) is 10.9. The van der Waals surface area contributed by atoms with Crippen LogP contribution < -0.4 is 10.6 Å². The van der Waals surface area contributed by atoms with Crippen molar-refractivity contribution < 1.29 is 4.79 Å². The van der Waals surface area contributed by atoms with E-state index in [1.54, 1.807) is 7.05 Å². The monoisotopic (exact) mass is 262 g/mol. The van der Waals surface area contributed by atoms with Crippen molar-refractivity contribution >= 4 is 29.9 Å². The van der Waals surface area contributed by atoms with Gasteiger partial charge in [-0.2, -0.15) is 0 Å². The minimum atomic E-state index is -0.200. The van der Waals surface area contributed by atoms with Gasteiger partial charge in [-0.15, -0.1) is 12.4 Å². The standard InChI is InChI=1S/C11H15ClN2O.ClH/c1-8(11(15)13-2)14-7-9-4-3-5-10(12)6-9;/h3-6,8,14H,7H2,1-2H3,(H,13,15);1H/t8-;/m1./s1. The van der Waals surface area contributed by atoms with Crippen molar-refractivity contribution in [3.05, 3.63) is 34.9 Å². The molecule has 2 N–H and O–H groups in total. The molecule has 1 atom stereocenters. The van der Waals surface area contributed by atoms with Gasteiger partial charge in [0.1, 0.15) is 0 Å². The molecule has 1 aromatic rings. The van der Waals surface area contributed by atoms with E-state index in [4.69, 9.17) is 11.6 Å². The Hall–Kier alpha value is -0.770. The van der Waals surface area contributed by atoms with Gasteiger partial charge in [0.05, 0.1) is 6.04 Å². The SMILES string of the molecule is CNC(=O)[C@@H](C)NCc1cccc(Cl)c1.Cl. The molecule has 5 heteroatoms. The van der Waals surface area contributed by atoms with Gasteiger partial charge in [0.2, 0.25) is 5.91 Å². The van der Waals surface area contributed by atoms with Crippen molar-refractivity contribution in [2.75, 3.05) is 7.05 Å². The average molecular weight is 263 g/mol. The summed E-state index contributed by atoms with van der Waals surface area (Å²) < 4.78 is 0. The van der Waals surface area contributed by atoms with Crippen LogP contribution in [0.4, 0.5) is 0 Å². The van der Waals surface area contributed by atoms with E-state index in [0.717, 1.165) is 5.56 Å². The number of carbonyl (C=O) groups excluding carboxylic acids is 1. The number of hydrogen-bond acceptors (Lipinski definition) is 2. The number of halogens is 2. The molecule has 1 rings (SSSR count). The number of hydrogen-bond donors (Lipinski definition) is 2. The number of nitrogens with one attached hydrogen (secondary N) is 2. The summed E-state index contributed by atoms with van der Waals surface area (Å²) in [6.07, 6.45) is 0. The molecular formula is C11H16Cl2N2O. The van der Waals surface area contributed by atoms with E-state index >= 15 is 0 Å². The molecule has 0 saturated heterocycles. The first-order valence-corrected chi connectivity index (χ1v) is 5.20. The Kier molecular flexibility index (Phi) is 7.13. The summed E-state index contributed by atoms with van der Waals surface area (Å²) in [5.41, 5.74) is 1.07. The molecule has 16 heavy (non-hydrogen) atoms. The molecule has 0 radical (unpaired) electrons. The molecule has 0 aliphatic rings. The highest BCUT2D eigenvalue weighted by Crippen LogP contribution is 2.10. The van der Waals surface area contributed by atoms with Crippen LogP contribution in [0.2, 0.25) is 5.02 Å². The van der Waals surface area contributed by atoms with Gasteiger partial charge in [-0.1, -0.05) is 23.7 Å². The van der Waals surface area contributed by atoms with Crippen LogP contribution in [-0.4, -0.2) is 19.0 Å². The zero-order valence-electron chi connectivity index (χ0n) is 9.29. The minimum absolute atomic E-state index is 0. The molecule has 90 valence electrons. The molecule has 3 nitrogen and oxygen atoms in total. The second-order valence-corrected chi connectivity index (χ2v) is 3.78. The number of likely N-dealkylation sites (N-methyl/N-ethyl adjacent to an activating group) is 1. The minimum Gasteiger partial charge on any atom is -0.358 e. The fraction of sp³-hybridized carbons (Fsp3) is 0.364. The summed E-state index contributed by atoms with van der Waals surface area (Å²) in [5, 5.41) is 6.40. The Morgan fingerprint density at radius 2 is 2.19 bits per heavy atom. The number of rotatable bonds is 4. The van der Waals surface area contributed by atoms with Gasteiger partial charge in [0, 0.05) is 18.6 Å². The predicted octanol–water partition coefficient (Wildman–Crippen LogP) is 1.99. The maximum absolute atomic E-state index is 11.2. The summed E-state index contributed by atoms with van der Waals surface area (Å²) in [4.78, 5) is 11.2. The largest absolute Gasteiger partial charge is 0.358 e. The van der Waals surface area contributed by atoms with Gasteiger partial charge < -0.3 is 10.6 Å². The Bertz CT molecular complexity index is 345. The zero-order chi connectivity index (χ0) is 11.3. The van der Waals surface area contributed by atoms with Gasteiger partial charge in [0.25, 0.3) is 0 Å². The van der Waals surface area contributed by atoms with Crippen LogP contribution in [0.25, 0.3) is 0 Å². The molecule has 0 aliphatic heterocycles. The first-order valence-electron chi connectivity index (χ1n) is 4.83. The molecule has 0 bridgehead atoms. The van der Waals surface area contributed by atoms with E-state index in [0.29, 0.717) is 11.6 Å². The van der Waals surface area contributed by atoms with Crippen molar-refractivity contribution in [3.8, 4) is 0 Å². The summed E-state index contributed by atoms with van der Waals surface area (Å²) in [6, 6.07) is 7.37. The van der Waals surface area contributed by atoms with Gasteiger partial charge >= 0.3 is 0 Å². The van der Waals surface area contributed by atoms with Crippen LogP contribution in [0.15, 0.2) is 24.3 Å². The Morgan fingerprint density at radius 1 is 1.50 bits per heavy atom. The molecule has 0 heterocycles. The second-order valence-electron chi connectivity index (χ2n) is 3.35. The molecule has 0 aliphatic carbocycles. The van der Waals surface area contributed by atoms with Crippen molar-refractivity contribution in [2.45, 2.75) is 19.5 Å². The van der Waals surface area contributed by atoms with Crippen LogP contribution in [0.3, 0.4) is 0 Å². The van der Waals surface area contributed by atoms with E-state index in [9.17, 15) is 4.79 Å². The van der Waals surface area contributed by atoms with Crippen LogP contribution >= 0.6 is 24.0 Å². The van der Waals surface area contributed by atoms with Crippen molar-refractivity contribution in [1.82, 2.24) is 10.6 Å². The van der Waals surface area contributed by atoms with E-state index in [1.165, 1.54) is 0 Å². The van der Waals surface area contributed by atoms with Crippen LogP contribution in [0.5, 0.6) is 0 Å². The van der Waals surface area contributed by atoms with Gasteiger partial charge in [-0.05, 0) is 24.6 Å². The first kappa shape index (κ1) is 15.2. The van der Waals surface area contributed by atoms with E-state index in [2.05, 4.69) is 10.6 Å². The third-order valence-electron chi connectivity index (χ3n) is 2.14. The second kappa shape index (κ2) is 7.49. The lowest BCUT2D eigenvalue weighted by Crippen LogP contribution is -2.40. The first-order chi connectivity index (χ1) is 7.13. The third kappa shape index (κ3) is 4.84. The van der Waals surface area contributed by atoms with E-state index < -0.39 is 0 Å². The lowest BCUT2D eigenvalue weighted by molar-refractivity contribution is -0.122. The average Bonchev–Trinajstić information content (AvgIpc) is 2.25. The van der Waals surface area contributed by atoms with Gasteiger partial charge in [0.15, 0.2) is 0 Å². The highest BCUT2D eigenvalue weighted by Gasteiger charge is 2.09. The quantitative estimate of drug-likeness (QED) is 0.872. The fourth-order valence-corrected chi connectivity index (χ4v) is 1.44. The highest BCUT2D eigenvalue weighted by atomic mass is 35.5. The van der Waals surface area contributed by atoms with Gasteiger partial charge in [-0.3, -0.25) is 4.79 Å². The van der Waals surface area contributed by atoms with Crippen molar-refractivity contribution in [1.29, 1.82) is 0 Å².